The third-order valence-electron chi connectivity index (χ3n) is 4.82. The number of pyridine rings is 1. The number of nitrogens with one attached hydrogen (secondary N) is 2. The van der Waals surface area contributed by atoms with Crippen LogP contribution in [0.25, 0.3) is 11.3 Å². The van der Waals surface area contributed by atoms with Gasteiger partial charge < -0.3 is 15.5 Å². The Kier molecular flexibility index (Phi) is 3.69. The number of urea groups is 1. The van der Waals surface area contributed by atoms with Gasteiger partial charge in [0.05, 0.1) is 11.4 Å². The van der Waals surface area contributed by atoms with Crippen LogP contribution in [0.1, 0.15) is 12.0 Å². The van der Waals surface area contributed by atoms with Crippen LogP contribution < -0.4 is 10.6 Å². The van der Waals surface area contributed by atoms with Gasteiger partial charge in [-0.15, -0.1) is 0 Å². The highest BCUT2D eigenvalue weighted by atomic mass is 19.1. The van der Waals surface area contributed by atoms with Crippen molar-refractivity contribution in [1.29, 1.82) is 0 Å². The monoisotopic (exact) mass is 326 g/mol. The number of fused-ring (bicyclic) bond motifs is 2. The molecule has 2 atom stereocenters. The van der Waals surface area contributed by atoms with Gasteiger partial charge in [-0.05, 0) is 43.2 Å². The molecule has 0 radical (unpaired) electrons. The highest BCUT2D eigenvalue weighted by molar-refractivity contribution is 5.91. The van der Waals surface area contributed by atoms with Crippen molar-refractivity contribution in [1.82, 2.24) is 15.2 Å². The summed E-state index contributed by atoms with van der Waals surface area (Å²) in [6, 6.07) is 8.90. The fourth-order valence-electron chi connectivity index (χ4n) is 3.56. The average molecular weight is 326 g/mol. The second kappa shape index (κ2) is 5.87. The maximum Gasteiger partial charge on any atom is 0.322 e. The first-order valence-electron chi connectivity index (χ1n) is 8.15. The van der Waals surface area contributed by atoms with Crippen LogP contribution in [0, 0.1) is 12.7 Å². The molecule has 5 nitrogen and oxygen atoms in total. The molecular formula is C18H19FN4O. The molecule has 1 aromatic carbocycles. The van der Waals surface area contributed by atoms with Gasteiger partial charge in [0.1, 0.15) is 5.82 Å². The molecule has 6 heteroatoms. The van der Waals surface area contributed by atoms with Crippen LogP contribution in [-0.4, -0.2) is 41.1 Å². The van der Waals surface area contributed by atoms with E-state index in [-0.39, 0.29) is 23.8 Å². The van der Waals surface area contributed by atoms with Gasteiger partial charge in [-0.2, -0.15) is 0 Å². The maximum atomic E-state index is 14.3. The van der Waals surface area contributed by atoms with E-state index in [0.29, 0.717) is 0 Å². The maximum absolute atomic E-state index is 14.3. The molecule has 0 spiro atoms. The van der Waals surface area contributed by atoms with E-state index >= 15 is 0 Å². The number of piperazine rings is 1. The standard InChI is InChI=1S/C18H19FN4O/c1-11-6-15(19)17(8-14(11)16-4-2-3-5-21-16)22-18(24)23-12-7-13(23)10-20-9-12/h2-6,8,12-13,20H,7,9-10H2,1H3,(H,22,24). The fourth-order valence-corrected chi connectivity index (χ4v) is 3.56. The van der Waals surface area contributed by atoms with E-state index in [1.165, 1.54) is 6.07 Å². The lowest BCUT2D eigenvalue weighted by Gasteiger charge is -2.52. The van der Waals surface area contributed by atoms with Crippen molar-refractivity contribution in [2.45, 2.75) is 25.4 Å². The van der Waals surface area contributed by atoms with Crippen LogP contribution in [0.3, 0.4) is 0 Å². The Hall–Kier alpha value is -2.47. The number of hydrogen-bond acceptors (Lipinski definition) is 3. The summed E-state index contributed by atoms with van der Waals surface area (Å²) >= 11 is 0. The van der Waals surface area contributed by atoms with Crippen LogP contribution in [0.4, 0.5) is 14.9 Å². The number of benzene rings is 1. The quantitative estimate of drug-likeness (QED) is 0.892. The molecule has 2 fully saturated rings. The highest BCUT2D eigenvalue weighted by Gasteiger charge is 2.44. The molecular weight excluding hydrogens is 307 g/mol. The summed E-state index contributed by atoms with van der Waals surface area (Å²) in [6.45, 7) is 3.45. The summed E-state index contributed by atoms with van der Waals surface area (Å²) in [4.78, 5) is 18.6. The summed E-state index contributed by atoms with van der Waals surface area (Å²) in [5.41, 5.74) is 2.56. The topological polar surface area (TPSA) is 57.3 Å². The molecule has 2 aliphatic heterocycles. The number of halogens is 1. The van der Waals surface area contributed by atoms with Crippen LogP contribution in [0.2, 0.25) is 0 Å². The molecule has 2 bridgehead atoms. The van der Waals surface area contributed by atoms with Gasteiger partial charge in [0, 0.05) is 36.9 Å². The number of carbonyl (C=O) groups excluding carboxylic acids is 1. The van der Waals surface area contributed by atoms with E-state index in [2.05, 4.69) is 15.6 Å². The van der Waals surface area contributed by atoms with E-state index < -0.39 is 5.82 Å². The number of rotatable bonds is 2. The van der Waals surface area contributed by atoms with Crippen molar-refractivity contribution >= 4 is 11.7 Å². The second-order valence-electron chi connectivity index (χ2n) is 6.40. The van der Waals surface area contributed by atoms with Gasteiger partial charge in [0.25, 0.3) is 0 Å². The number of aryl methyl sites for hydroxylation is 1. The number of anilines is 1. The van der Waals surface area contributed by atoms with E-state index in [0.717, 1.165) is 36.3 Å². The van der Waals surface area contributed by atoms with Crippen LogP contribution in [0.5, 0.6) is 0 Å². The fraction of sp³-hybridized carbons (Fsp3) is 0.333. The van der Waals surface area contributed by atoms with Gasteiger partial charge in [-0.3, -0.25) is 4.98 Å². The number of carbonyl (C=O) groups is 1. The third kappa shape index (κ3) is 2.53. The molecule has 2 unspecified atom stereocenters. The molecule has 0 saturated carbocycles. The predicted molar refractivity (Wildman–Crippen MR) is 90.3 cm³/mol. The average Bonchev–Trinajstić information content (AvgIpc) is 2.58. The second-order valence-corrected chi connectivity index (χ2v) is 6.40. The highest BCUT2D eigenvalue weighted by Crippen LogP contribution is 2.31. The van der Waals surface area contributed by atoms with Crippen molar-refractivity contribution < 1.29 is 9.18 Å². The van der Waals surface area contributed by atoms with E-state index in [9.17, 15) is 9.18 Å². The molecule has 1 aromatic heterocycles. The SMILES string of the molecule is Cc1cc(F)c(NC(=O)N2C3CNCC2C3)cc1-c1ccccn1. The Morgan fingerprint density at radius 2 is 2.12 bits per heavy atom. The molecule has 2 N–H and O–H groups in total. The first-order chi connectivity index (χ1) is 11.6. The first kappa shape index (κ1) is 15.1. The van der Waals surface area contributed by atoms with Crippen LogP contribution in [-0.2, 0) is 0 Å². The summed E-state index contributed by atoms with van der Waals surface area (Å²) < 4.78 is 14.3. The largest absolute Gasteiger partial charge is 0.322 e. The minimum absolute atomic E-state index is 0.198. The van der Waals surface area contributed by atoms with E-state index in [4.69, 9.17) is 0 Å². The van der Waals surface area contributed by atoms with Crippen LogP contribution in [0.15, 0.2) is 36.5 Å². The zero-order valence-electron chi connectivity index (χ0n) is 13.4. The summed E-state index contributed by atoms with van der Waals surface area (Å²) in [7, 11) is 0. The zero-order valence-corrected chi connectivity index (χ0v) is 13.4. The lowest BCUT2D eigenvalue weighted by Crippen LogP contribution is -2.70. The number of amides is 2. The Morgan fingerprint density at radius 1 is 1.33 bits per heavy atom. The minimum atomic E-state index is -0.427. The van der Waals surface area contributed by atoms with Gasteiger partial charge in [-0.1, -0.05) is 6.07 Å². The van der Waals surface area contributed by atoms with Crippen molar-refractivity contribution in [3.05, 3.63) is 47.9 Å². The van der Waals surface area contributed by atoms with Crippen molar-refractivity contribution in [2.24, 2.45) is 0 Å². The van der Waals surface area contributed by atoms with E-state index in [1.807, 2.05) is 30.0 Å². The van der Waals surface area contributed by atoms with E-state index in [1.54, 1.807) is 12.3 Å². The Labute approximate surface area is 139 Å². The molecule has 24 heavy (non-hydrogen) atoms. The third-order valence-corrected chi connectivity index (χ3v) is 4.82. The number of hydrogen-bond donors (Lipinski definition) is 2. The summed E-state index contributed by atoms with van der Waals surface area (Å²) in [5, 5.41) is 6.01. The Balaban J connectivity index is 1.60. The van der Waals surface area contributed by atoms with Gasteiger partial charge >= 0.3 is 6.03 Å². The number of nitrogens with zero attached hydrogens (tertiary/aromatic N) is 2. The van der Waals surface area contributed by atoms with Crippen molar-refractivity contribution in [3.8, 4) is 11.3 Å². The molecule has 0 aliphatic carbocycles. The predicted octanol–water partition coefficient (Wildman–Crippen LogP) is 2.77. The molecule has 2 aliphatic rings. The summed E-state index contributed by atoms with van der Waals surface area (Å²) in [5.74, 6) is -0.427. The normalized spacial score (nSPS) is 22.0. The number of piperidine rings is 1. The Bertz CT molecular complexity index is 766. The molecule has 3 heterocycles. The van der Waals surface area contributed by atoms with Gasteiger partial charge in [0.2, 0.25) is 0 Å². The number of aromatic nitrogens is 1. The minimum Gasteiger partial charge on any atom is -0.316 e. The molecule has 2 saturated heterocycles. The molecule has 2 amide bonds. The van der Waals surface area contributed by atoms with Gasteiger partial charge in [-0.25, -0.2) is 9.18 Å². The van der Waals surface area contributed by atoms with Crippen LogP contribution >= 0.6 is 0 Å². The van der Waals surface area contributed by atoms with Crippen molar-refractivity contribution in [3.63, 3.8) is 0 Å². The smallest absolute Gasteiger partial charge is 0.316 e. The first-order valence-corrected chi connectivity index (χ1v) is 8.15. The lowest BCUT2D eigenvalue weighted by atomic mass is 9.89. The molecule has 4 rings (SSSR count). The van der Waals surface area contributed by atoms with Crippen molar-refractivity contribution in [2.75, 3.05) is 18.4 Å². The lowest BCUT2D eigenvalue weighted by molar-refractivity contribution is 0.0309. The molecule has 124 valence electrons. The van der Waals surface area contributed by atoms with Gasteiger partial charge in [0.15, 0.2) is 0 Å². The molecule has 2 aromatic rings. The summed E-state index contributed by atoms with van der Waals surface area (Å²) in [6.07, 6.45) is 2.72. The zero-order chi connectivity index (χ0) is 16.7. The Morgan fingerprint density at radius 3 is 2.79 bits per heavy atom.